The van der Waals surface area contributed by atoms with Crippen molar-refractivity contribution < 1.29 is 0 Å². The Morgan fingerprint density at radius 3 is 3.04 bits per heavy atom. The highest BCUT2D eigenvalue weighted by atomic mass is 16.1. The third-order valence-electron chi connectivity index (χ3n) is 5.46. The van der Waals surface area contributed by atoms with Gasteiger partial charge >= 0.3 is 0 Å². The van der Waals surface area contributed by atoms with Crippen molar-refractivity contribution in [2.75, 3.05) is 6.54 Å². The Labute approximate surface area is 162 Å². The number of hydrogen-bond acceptors (Lipinski definition) is 4. The molecule has 1 aliphatic heterocycles. The number of fused-ring (bicyclic) bond motifs is 2. The Morgan fingerprint density at radius 2 is 2.18 bits per heavy atom. The average molecular weight is 371 g/mol. The van der Waals surface area contributed by atoms with Gasteiger partial charge in [0.05, 0.1) is 18.1 Å². The predicted octanol–water partition coefficient (Wildman–Crippen LogP) is 3.10. The third-order valence-corrected chi connectivity index (χ3v) is 5.46. The van der Waals surface area contributed by atoms with Gasteiger partial charge in [-0.15, -0.1) is 0 Å². The molecule has 0 amide bonds. The lowest BCUT2D eigenvalue weighted by molar-refractivity contribution is 0.199. The van der Waals surface area contributed by atoms with Gasteiger partial charge in [-0.1, -0.05) is 18.2 Å². The van der Waals surface area contributed by atoms with Crippen LogP contribution in [0, 0.1) is 6.92 Å². The van der Waals surface area contributed by atoms with Gasteiger partial charge in [0, 0.05) is 48.7 Å². The molecule has 0 saturated carbocycles. The lowest BCUT2D eigenvalue weighted by atomic mass is 9.95. The lowest BCUT2D eigenvalue weighted by Crippen LogP contribution is -2.38. The fourth-order valence-electron chi connectivity index (χ4n) is 4.10. The summed E-state index contributed by atoms with van der Waals surface area (Å²) in [5.41, 5.74) is 5.83. The van der Waals surface area contributed by atoms with Crippen LogP contribution < -0.4 is 5.56 Å². The van der Waals surface area contributed by atoms with Gasteiger partial charge in [-0.05, 0) is 41.6 Å². The molecule has 5 rings (SSSR count). The van der Waals surface area contributed by atoms with Gasteiger partial charge in [0.2, 0.25) is 0 Å². The number of nitrogens with one attached hydrogen (secondary N) is 2. The molecule has 4 heterocycles. The van der Waals surface area contributed by atoms with Crippen LogP contribution in [0.1, 0.15) is 34.1 Å². The minimum absolute atomic E-state index is 0.0601. The molecule has 3 aromatic heterocycles. The molecule has 0 saturated heterocycles. The lowest BCUT2D eigenvalue weighted by Gasteiger charge is -2.34. The molecule has 0 spiro atoms. The first-order valence-corrected chi connectivity index (χ1v) is 9.48. The first-order valence-electron chi connectivity index (χ1n) is 9.48. The van der Waals surface area contributed by atoms with E-state index in [0.717, 1.165) is 58.5 Å². The summed E-state index contributed by atoms with van der Waals surface area (Å²) in [6.45, 7) is 3.59. The molecule has 28 heavy (non-hydrogen) atoms. The number of imidazole rings is 1. The van der Waals surface area contributed by atoms with Crippen LogP contribution in [0.4, 0.5) is 0 Å². The van der Waals surface area contributed by atoms with E-state index in [1.54, 1.807) is 12.5 Å². The fourth-order valence-corrected chi connectivity index (χ4v) is 4.10. The highest BCUT2D eigenvalue weighted by Crippen LogP contribution is 2.33. The molecule has 0 aliphatic carbocycles. The first-order chi connectivity index (χ1) is 13.7. The molecule has 2 N–H and O–H groups in total. The number of aryl methyl sites for hydroxylation is 1. The van der Waals surface area contributed by atoms with Crippen LogP contribution in [0.3, 0.4) is 0 Å². The molecule has 140 valence electrons. The normalized spacial score (nSPS) is 17.0. The van der Waals surface area contributed by atoms with Crippen molar-refractivity contribution in [3.63, 3.8) is 0 Å². The van der Waals surface area contributed by atoms with E-state index in [2.05, 4.69) is 43.0 Å². The second-order valence-corrected chi connectivity index (χ2v) is 7.40. The summed E-state index contributed by atoms with van der Waals surface area (Å²) in [7, 11) is 0. The van der Waals surface area contributed by atoms with Crippen LogP contribution in [0.15, 0.2) is 59.9 Å². The van der Waals surface area contributed by atoms with Crippen LogP contribution in [-0.4, -0.2) is 31.4 Å². The minimum atomic E-state index is -0.190. The SMILES string of the molecule is Cc1ccc2cc([C@@H]3c4nc[nH]c4CCN3Cc3cccnc3)c(=O)[nH]c2c1. The summed E-state index contributed by atoms with van der Waals surface area (Å²) < 4.78 is 0. The quantitative estimate of drug-likeness (QED) is 0.580. The summed E-state index contributed by atoms with van der Waals surface area (Å²) in [5.74, 6) is 0. The molecule has 6 nitrogen and oxygen atoms in total. The average Bonchev–Trinajstić information content (AvgIpc) is 3.17. The van der Waals surface area contributed by atoms with Crippen LogP contribution in [0.5, 0.6) is 0 Å². The molecule has 0 unspecified atom stereocenters. The zero-order valence-corrected chi connectivity index (χ0v) is 15.6. The molecular weight excluding hydrogens is 350 g/mol. The highest BCUT2D eigenvalue weighted by molar-refractivity contribution is 5.79. The van der Waals surface area contributed by atoms with Gasteiger partial charge in [-0.3, -0.25) is 14.7 Å². The molecule has 0 radical (unpaired) electrons. The molecule has 1 aliphatic rings. The Morgan fingerprint density at radius 1 is 1.25 bits per heavy atom. The standard InChI is InChI=1S/C22H21N5O/c1-14-4-5-16-10-17(22(28)26-19(16)9-14)21-20-18(24-13-25-20)6-8-27(21)12-15-3-2-7-23-11-15/h2-5,7,9-11,13,21H,6,8,12H2,1H3,(H,24,25)(H,26,28)/t21-/m1/s1. The molecule has 1 atom stereocenters. The van der Waals surface area contributed by atoms with Crippen molar-refractivity contribution in [3.8, 4) is 0 Å². The maximum Gasteiger partial charge on any atom is 0.253 e. The van der Waals surface area contributed by atoms with Gasteiger partial charge in [0.15, 0.2) is 0 Å². The number of H-pyrrole nitrogens is 2. The van der Waals surface area contributed by atoms with Crippen molar-refractivity contribution in [2.24, 2.45) is 0 Å². The smallest absolute Gasteiger partial charge is 0.253 e. The molecule has 6 heteroatoms. The maximum absolute atomic E-state index is 13.0. The van der Waals surface area contributed by atoms with E-state index in [4.69, 9.17) is 0 Å². The second-order valence-electron chi connectivity index (χ2n) is 7.40. The fraction of sp³-hybridized carbons (Fsp3) is 0.227. The van der Waals surface area contributed by atoms with Crippen LogP contribution in [0.2, 0.25) is 0 Å². The Kier molecular flexibility index (Phi) is 4.06. The van der Waals surface area contributed by atoms with Crippen LogP contribution >= 0.6 is 0 Å². The van der Waals surface area contributed by atoms with Crippen molar-refractivity contribution in [3.05, 3.63) is 93.6 Å². The number of nitrogens with zero attached hydrogens (tertiary/aromatic N) is 3. The largest absolute Gasteiger partial charge is 0.348 e. The molecule has 0 fully saturated rings. The molecule has 1 aromatic carbocycles. The molecule has 4 aromatic rings. The number of rotatable bonds is 3. The summed E-state index contributed by atoms with van der Waals surface area (Å²) in [6, 6.07) is 12.0. The first kappa shape index (κ1) is 16.9. The number of benzene rings is 1. The Bertz CT molecular complexity index is 1190. The van der Waals surface area contributed by atoms with Crippen molar-refractivity contribution in [2.45, 2.75) is 25.9 Å². The Hall–Kier alpha value is -3.25. The number of aromatic amines is 2. The molecule has 0 bridgehead atoms. The van der Waals surface area contributed by atoms with Gasteiger partial charge in [-0.25, -0.2) is 4.98 Å². The zero-order valence-electron chi connectivity index (χ0n) is 15.6. The summed E-state index contributed by atoms with van der Waals surface area (Å²) >= 11 is 0. The van der Waals surface area contributed by atoms with E-state index in [1.165, 1.54) is 0 Å². The van der Waals surface area contributed by atoms with Gasteiger partial charge in [0.25, 0.3) is 5.56 Å². The predicted molar refractivity (Wildman–Crippen MR) is 108 cm³/mol. The number of hydrogen-bond donors (Lipinski definition) is 2. The maximum atomic E-state index is 13.0. The van der Waals surface area contributed by atoms with Crippen molar-refractivity contribution in [1.82, 2.24) is 24.8 Å². The topological polar surface area (TPSA) is 77.7 Å². The summed E-state index contributed by atoms with van der Waals surface area (Å²) in [5, 5.41) is 1.03. The highest BCUT2D eigenvalue weighted by Gasteiger charge is 2.32. The second kappa shape index (κ2) is 6.73. The summed E-state index contributed by atoms with van der Waals surface area (Å²) in [4.78, 5) is 30.5. The van der Waals surface area contributed by atoms with Gasteiger partial charge < -0.3 is 9.97 Å². The van der Waals surface area contributed by atoms with E-state index >= 15 is 0 Å². The summed E-state index contributed by atoms with van der Waals surface area (Å²) in [6.07, 6.45) is 6.27. The molecular formula is C22H21N5O. The van der Waals surface area contributed by atoms with Crippen molar-refractivity contribution in [1.29, 1.82) is 0 Å². The van der Waals surface area contributed by atoms with Gasteiger partial charge in [-0.2, -0.15) is 0 Å². The van der Waals surface area contributed by atoms with Crippen molar-refractivity contribution >= 4 is 10.9 Å². The minimum Gasteiger partial charge on any atom is -0.348 e. The van der Waals surface area contributed by atoms with E-state index in [-0.39, 0.29) is 11.6 Å². The zero-order chi connectivity index (χ0) is 19.1. The number of pyridine rings is 2. The number of aromatic nitrogens is 4. The third kappa shape index (κ3) is 2.92. The van der Waals surface area contributed by atoms with Crippen LogP contribution in [-0.2, 0) is 13.0 Å². The van der Waals surface area contributed by atoms with E-state index in [9.17, 15) is 4.79 Å². The van der Waals surface area contributed by atoms with E-state index in [0.29, 0.717) is 0 Å². The van der Waals surface area contributed by atoms with E-state index < -0.39 is 0 Å². The van der Waals surface area contributed by atoms with Gasteiger partial charge in [0.1, 0.15) is 0 Å². The van der Waals surface area contributed by atoms with Crippen LogP contribution in [0.25, 0.3) is 10.9 Å². The monoisotopic (exact) mass is 371 g/mol. The Balaban J connectivity index is 1.64. The van der Waals surface area contributed by atoms with E-state index in [1.807, 2.05) is 31.3 Å².